The number of ether oxygens (including phenoxy) is 6. The number of hydrogen-bond acceptors (Lipinski definition) is 7. The maximum absolute atomic E-state index is 11.9. The molecule has 2 aromatic carbocycles. The highest BCUT2D eigenvalue weighted by atomic mass is 16.6. The molecule has 0 saturated carbocycles. The van der Waals surface area contributed by atoms with E-state index in [2.05, 4.69) is 0 Å². The van der Waals surface area contributed by atoms with Crippen LogP contribution in [0.1, 0.15) is 12.5 Å². The van der Waals surface area contributed by atoms with Gasteiger partial charge in [0.25, 0.3) is 0 Å². The highest BCUT2D eigenvalue weighted by molar-refractivity contribution is 5.87. The highest BCUT2D eigenvalue weighted by Crippen LogP contribution is 2.40. The van der Waals surface area contributed by atoms with Gasteiger partial charge in [-0.15, -0.1) is 0 Å². The monoisotopic (exact) mass is 400 g/mol. The van der Waals surface area contributed by atoms with Crippen LogP contribution < -0.4 is 23.7 Å². The van der Waals surface area contributed by atoms with Crippen molar-refractivity contribution >= 4 is 12.0 Å². The first-order valence-electron chi connectivity index (χ1n) is 9.37. The first-order valence-corrected chi connectivity index (χ1v) is 9.37. The molecule has 7 nitrogen and oxygen atoms in total. The van der Waals surface area contributed by atoms with Crippen LogP contribution in [0.4, 0.5) is 0 Å². The number of benzene rings is 2. The Balaban J connectivity index is 1.46. The van der Waals surface area contributed by atoms with Gasteiger partial charge in [-0.25, -0.2) is 4.79 Å². The van der Waals surface area contributed by atoms with Crippen molar-refractivity contribution in [3.05, 3.63) is 48.0 Å². The van der Waals surface area contributed by atoms with Gasteiger partial charge >= 0.3 is 5.97 Å². The Kier molecular flexibility index (Phi) is 7.22. The van der Waals surface area contributed by atoms with E-state index in [4.69, 9.17) is 28.4 Å². The van der Waals surface area contributed by atoms with Crippen LogP contribution in [-0.4, -0.2) is 46.1 Å². The molecule has 0 spiro atoms. The lowest BCUT2D eigenvalue weighted by Gasteiger charge is -2.20. The summed E-state index contributed by atoms with van der Waals surface area (Å²) in [7, 11) is 1.56. The van der Waals surface area contributed by atoms with E-state index in [1.165, 1.54) is 6.08 Å². The normalized spacial score (nSPS) is 12.5. The number of carbonyl (C=O) groups excluding carboxylic acids is 1. The van der Waals surface area contributed by atoms with Gasteiger partial charge in [0.15, 0.2) is 11.5 Å². The molecule has 0 aromatic heterocycles. The minimum absolute atomic E-state index is 0.140. The van der Waals surface area contributed by atoms with Gasteiger partial charge in [0.05, 0.1) is 13.7 Å². The topological polar surface area (TPSA) is 72.5 Å². The SMILES string of the molecule is CCOc1ccc(OCCOC(=O)/C=C/c2cc(OC)c3c(c2)OCCO3)cc1. The number of methoxy groups -OCH3 is 1. The summed E-state index contributed by atoms with van der Waals surface area (Å²) in [5.41, 5.74) is 0.744. The fourth-order valence-corrected chi connectivity index (χ4v) is 2.70. The van der Waals surface area contributed by atoms with E-state index < -0.39 is 5.97 Å². The van der Waals surface area contributed by atoms with E-state index in [9.17, 15) is 4.79 Å². The molecule has 29 heavy (non-hydrogen) atoms. The van der Waals surface area contributed by atoms with Crippen molar-refractivity contribution < 1.29 is 33.2 Å². The van der Waals surface area contributed by atoms with Gasteiger partial charge in [0.2, 0.25) is 5.75 Å². The molecule has 0 N–H and O–H groups in total. The van der Waals surface area contributed by atoms with Crippen LogP contribution >= 0.6 is 0 Å². The summed E-state index contributed by atoms with van der Waals surface area (Å²) >= 11 is 0. The molecule has 0 unspecified atom stereocenters. The predicted octanol–water partition coefficient (Wildman–Crippen LogP) is 3.50. The van der Waals surface area contributed by atoms with Crippen LogP contribution in [-0.2, 0) is 9.53 Å². The smallest absolute Gasteiger partial charge is 0.330 e. The molecule has 0 radical (unpaired) electrons. The molecular formula is C22H24O7. The van der Waals surface area contributed by atoms with Crippen molar-refractivity contribution in [1.82, 2.24) is 0 Å². The van der Waals surface area contributed by atoms with E-state index in [1.807, 2.05) is 31.2 Å². The molecule has 7 heteroatoms. The van der Waals surface area contributed by atoms with Crippen LogP contribution in [0.3, 0.4) is 0 Å². The first-order chi connectivity index (χ1) is 14.2. The maximum atomic E-state index is 11.9. The molecule has 0 aliphatic carbocycles. The zero-order valence-corrected chi connectivity index (χ0v) is 16.5. The van der Waals surface area contributed by atoms with E-state index in [0.717, 1.165) is 11.3 Å². The zero-order chi connectivity index (χ0) is 20.5. The quantitative estimate of drug-likeness (QED) is 0.362. The lowest BCUT2D eigenvalue weighted by molar-refractivity contribution is -0.138. The van der Waals surface area contributed by atoms with Gasteiger partial charge < -0.3 is 28.4 Å². The summed E-state index contributed by atoms with van der Waals surface area (Å²) in [6.07, 6.45) is 2.98. The Labute approximate surface area is 169 Å². The zero-order valence-electron chi connectivity index (χ0n) is 16.5. The summed E-state index contributed by atoms with van der Waals surface area (Å²) in [5, 5.41) is 0. The van der Waals surface area contributed by atoms with Crippen LogP contribution in [0.2, 0.25) is 0 Å². The summed E-state index contributed by atoms with van der Waals surface area (Å²) < 4.78 is 32.5. The molecule has 1 aliphatic rings. The second-order valence-corrected chi connectivity index (χ2v) is 6.00. The molecule has 0 atom stereocenters. The number of carbonyl (C=O) groups is 1. The third-order valence-electron chi connectivity index (χ3n) is 3.99. The summed E-state index contributed by atoms with van der Waals surface area (Å²) in [5.74, 6) is 2.72. The first kappa shape index (κ1) is 20.4. The fraction of sp³-hybridized carbons (Fsp3) is 0.318. The minimum atomic E-state index is -0.464. The number of fused-ring (bicyclic) bond motifs is 1. The average Bonchev–Trinajstić information content (AvgIpc) is 2.76. The summed E-state index contributed by atoms with van der Waals surface area (Å²) in [6.45, 7) is 3.88. The minimum Gasteiger partial charge on any atom is -0.494 e. The standard InChI is InChI=1S/C22H24O7/c1-3-25-17-5-7-18(8-6-17)26-10-12-28-21(23)9-4-16-14-19(24-2)22-20(15-16)27-11-13-29-22/h4-9,14-15H,3,10-13H2,1-2H3/b9-4+. The van der Waals surface area contributed by atoms with Gasteiger partial charge in [-0.05, 0) is 55.0 Å². The maximum Gasteiger partial charge on any atom is 0.330 e. The third kappa shape index (κ3) is 5.81. The molecule has 0 amide bonds. The highest BCUT2D eigenvalue weighted by Gasteiger charge is 2.17. The van der Waals surface area contributed by atoms with E-state index in [0.29, 0.717) is 42.8 Å². The van der Waals surface area contributed by atoms with E-state index in [-0.39, 0.29) is 13.2 Å². The Morgan fingerprint density at radius 3 is 2.48 bits per heavy atom. The molecule has 0 saturated heterocycles. The predicted molar refractivity (Wildman–Crippen MR) is 107 cm³/mol. The van der Waals surface area contributed by atoms with Gasteiger partial charge in [-0.3, -0.25) is 0 Å². The van der Waals surface area contributed by atoms with Crippen LogP contribution in [0, 0.1) is 0 Å². The number of hydrogen-bond donors (Lipinski definition) is 0. The Morgan fingerprint density at radius 2 is 1.76 bits per heavy atom. The van der Waals surface area contributed by atoms with Crippen molar-refractivity contribution in [2.45, 2.75) is 6.92 Å². The Morgan fingerprint density at radius 1 is 1.03 bits per heavy atom. The fourth-order valence-electron chi connectivity index (χ4n) is 2.70. The van der Waals surface area contributed by atoms with Crippen molar-refractivity contribution in [3.63, 3.8) is 0 Å². The number of rotatable bonds is 9. The van der Waals surface area contributed by atoms with Gasteiger partial charge in [-0.2, -0.15) is 0 Å². The van der Waals surface area contributed by atoms with Crippen LogP contribution in [0.5, 0.6) is 28.7 Å². The number of esters is 1. The molecule has 1 aliphatic heterocycles. The average molecular weight is 400 g/mol. The van der Waals surface area contributed by atoms with Gasteiger partial charge in [-0.1, -0.05) is 0 Å². The second-order valence-electron chi connectivity index (χ2n) is 6.00. The molecule has 1 heterocycles. The van der Waals surface area contributed by atoms with Crippen molar-refractivity contribution in [2.24, 2.45) is 0 Å². The Hall–Kier alpha value is -3.35. The summed E-state index contributed by atoms with van der Waals surface area (Å²) in [4.78, 5) is 11.9. The van der Waals surface area contributed by atoms with Crippen molar-refractivity contribution in [2.75, 3.05) is 40.1 Å². The second kappa shape index (κ2) is 10.3. The van der Waals surface area contributed by atoms with E-state index in [1.54, 1.807) is 25.3 Å². The van der Waals surface area contributed by atoms with E-state index >= 15 is 0 Å². The summed E-state index contributed by atoms with van der Waals surface area (Å²) in [6, 6.07) is 10.8. The Bertz CT molecular complexity index is 826. The van der Waals surface area contributed by atoms with Crippen LogP contribution in [0.25, 0.3) is 6.08 Å². The molecule has 0 bridgehead atoms. The largest absolute Gasteiger partial charge is 0.494 e. The molecule has 2 aromatic rings. The third-order valence-corrected chi connectivity index (χ3v) is 3.99. The van der Waals surface area contributed by atoms with Gasteiger partial charge in [0.1, 0.15) is 37.9 Å². The lowest BCUT2D eigenvalue weighted by Crippen LogP contribution is -2.16. The molecular weight excluding hydrogens is 376 g/mol. The lowest BCUT2D eigenvalue weighted by atomic mass is 10.1. The van der Waals surface area contributed by atoms with Crippen molar-refractivity contribution in [1.29, 1.82) is 0 Å². The molecule has 3 rings (SSSR count). The molecule has 0 fully saturated rings. The molecule has 154 valence electrons. The van der Waals surface area contributed by atoms with Crippen LogP contribution in [0.15, 0.2) is 42.5 Å². The van der Waals surface area contributed by atoms with Gasteiger partial charge in [0, 0.05) is 6.08 Å². The van der Waals surface area contributed by atoms with Crippen molar-refractivity contribution in [3.8, 4) is 28.7 Å².